The molecule has 100 valence electrons. The van der Waals surface area contributed by atoms with Crippen molar-refractivity contribution in [2.24, 2.45) is 0 Å². The van der Waals surface area contributed by atoms with Gasteiger partial charge in [-0.25, -0.2) is 0 Å². The highest BCUT2D eigenvalue weighted by atomic mass is 13.9. The average molecular weight is 236 g/mol. The van der Waals surface area contributed by atoms with E-state index in [1.807, 2.05) is 0 Å². The molecule has 0 spiro atoms. The number of rotatable bonds is 12. The van der Waals surface area contributed by atoms with Gasteiger partial charge >= 0.3 is 0 Å². The molecule has 0 aliphatic rings. The predicted molar refractivity (Wildman–Crippen MR) is 80.4 cm³/mol. The molecule has 0 unspecified atom stereocenters. The van der Waals surface area contributed by atoms with Gasteiger partial charge in [0.1, 0.15) is 0 Å². The number of allylic oxidation sites excluding steroid dienone is 4. The Bertz CT molecular complexity index is 176. The molecule has 0 heteroatoms. The Morgan fingerprint density at radius 1 is 0.471 bits per heavy atom. The molecule has 0 aliphatic carbocycles. The zero-order valence-corrected chi connectivity index (χ0v) is 12.1. The topological polar surface area (TPSA) is 0 Å². The summed E-state index contributed by atoms with van der Waals surface area (Å²) in [5.41, 5.74) is 0. The van der Waals surface area contributed by atoms with E-state index in [4.69, 9.17) is 0 Å². The first kappa shape index (κ1) is 16.5. The van der Waals surface area contributed by atoms with E-state index in [0.717, 1.165) is 0 Å². The Labute approximate surface area is 109 Å². The maximum absolute atomic E-state index is 2.37. The first-order valence-corrected chi connectivity index (χ1v) is 7.71. The molecule has 0 bridgehead atoms. The van der Waals surface area contributed by atoms with E-state index in [-0.39, 0.29) is 0 Å². The summed E-state index contributed by atoms with van der Waals surface area (Å²) in [6, 6.07) is 0. The summed E-state index contributed by atoms with van der Waals surface area (Å²) >= 11 is 0. The fourth-order valence-corrected chi connectivity index (χ4v) is 1.84. The van der Waals surface area contributed by atoms with Gasteiger partial charge in [0.2, 0.25) is 0 Å². The molecule has 0 aliphatic heterocycles. The van der Waals surface area contributed by atoms with Crippen molar-refractivity contribution in [3.63, 3.8) is 0 Å². The SMILES string of the molecule is CCCCC=CCCCC=CCCCCCC. The molecule has 0 aromatic rings. The Balaban J connectivity index is 3.11. The van der Waals surface area contributed by atoms with Crippen LogP contribution in [-0.2, 0) is 0 Å². The molecule has 0 aromatic carbocycles. The molecule has 17 heavy (non-hydrogen) atoms. The molecule has 0 amide bonds. The van der Waals surface area contributed by atoms with Gasteiger partial charge in [0.25, 0.3) is 0 Å². The van der Waals surface area contributed by atoms with Gasteiger partial charge in [-0.3, -0.25) is 0 Å². The Morgan fingerprint density at radius 3 is 1.47 bits per heavy atom. The highest BCUT2D eigenvalue weighted by Gasteiger charge is 1.85. The second kappa shape index (κ2) is 15.5. The largest absolute Gasteiger partial charge is 0.0885 e. The fraction of sp³-hybridized carbons (Fsp3) is 0.765. The van der Waals surface area contributed by atoms with E-state index in [2.05, 4.69) is 38.2 Å². The normalized spacial score (nSPS) is 11.9. The summed E-state index contributed by atoms with van der Waals surface area (Å²) < 4.78 is 0. The molecule has 0 nitrogen and oxygen atoms in total. The molecule has 0 saturated heterocycles. The molecule has 0 aromatic heterocycles. The third-order valence-electron chi connectivity index (χ3n) is 3.02. The lowest BCUT2D eigenvalue weighted by atomic mass is 10.1. The van der Waals surface area contributed by atoms with Crippen molar-refractivity contribution in [1.82, 2.24) is 0 Å². The average Bonchev–Trinajstić information content (AvgIpc) is 2.35. The smallest absolute Gasteiger partial charge is 0.0348 e. The third kappa shape index (κ3) is 15.5. The van der Waals surface area contributed by atoms with Gasteiger partial charge in [-0.2, -0.15) is 0 Å². The van der Waals surface area contributed by atoms with Gasteiger partial charge in [-0.1, -0.05) is 70.3 Å². The Hall–Kier alpha value is -0.520. The second-order valence-electron chi connectivity index (χ2n) is 4.87. The minimum atomic E-state index is 1.25. The van der Waals surface area contributed by atoms with E-state index >= 15 is 0 Å². The van der Waals surface area contributed by atoms with E-state index in [9.17, 15) is 0 Å². The summed E-state index contributed by atoms with van der Waals surface area (Å²) in [5.74, 6) is 0. The minimum absolute atomic E-state index is 1.25. The zero-order valence-electron chi connectivity index (χ0n) is 12.1. The van der Waals surface area contributed by atoms with E-state index in [0.29, 0.717) is 0 Å². The molecule has 0 rings (SSSR count). The third-order valence-corrected chi connectivity index (χ3v) is 3.02. The van der Waals surface area contributed by atoms with Gasteiger partial charge in [-0.15, -0.1) is 0 Å². The van der Waals surface area contributed by atoms with Crippen LogP contribution in [0.1, 0.15) is 84.5 Å². The second-order valence-corrected chi connectivity index (χ2v) is 4.87. The summed E-state index contributed by atoms with van der Waals surface area (Å²) in [6.45, 7) is 4.52. The lowest BCUT2D eigenvalue weighted by molar-refractivity contribution is 0.673. The number of hydrogen-bond donors (Lipinski definition) is 0. The first-order chi connectivity index (χ1) is 8.41. The van der Waals surface area contributed by atoms with Crippen molar-refractivity contribution in [3.8, 4) is 0 Å². The van der Waals surface area contributed by atoms with Crippen LogP contribution in [0.2, 0.25) is 0 Å². The molecule has 0 heterocycles. The standard InChI is InChI=1S/C17H32/c1-3-5-7-9-11-13-15-17-16-14-12-10-8-6-4-2/h9,11,14,16H,3-8,10,12-13,15,17H2,1-2H3. The molecular formula is C17H32. The summed E-state index contributed by atoms with van der Waals surface area (Å²) in [6.07, 6.45) is 24.0. The molecule has 0 saturated carbocycles. The van der Waals surface area contributed by atoms with Crippen molar-refractivity contribution in [3.05, 3.63) is 24.3 Å². The van der Waals surface area contributed by atoms with Gasteiger partial charge in [0.15, 0.2) is 0 Å². The number of hydrogen-bond acceptors (Lipinski definition) is 0. The molecule has 0 atom stereocenters. The molecular weight excluding hydrogens is 204 g/mol. The summed E-state index contributed by atoms with van der Waals surface area (Å²) in [4.78, 5) is 0. The van der Waals surface area contributed by atoms with Crippen molar-refractivity contribution >= 4 is 0 Å². The lowest BCUT2D eigenvalue weighted by Crippen LogP contribution is -1.74. The van der Waals surface area contributed by atoms with Crippen LogP contribution in [-0.4, -0.2) is 0 Å². The van der Waals surface area contributed by atoms with Gasteiger partial charge < -0.3 is 0 Å². The van der Waals surface area contributed by atoms with Crippen LogP contribution in [0.15, 0.2) is 24.3 Å². The van der Waals surface area contributed by atoms with Crippen LogP contribution in [0.25, 0.3) is 0 Å². The Morgan fingerprint density at radius 2 is 0.941 bits per heavy atom. The van der Waals surface area contributed by atoms with Crippen LogP contribution in [0.3, 0.4) is 0 Å². The van der Waals surface area contributed by atoms with Crippen molar-refractivity contribution in [1.29, 1.82) is 0 Å². The monoisotopic (exact) mass is 236 g/mol. The predicted octanol–water partition coefficient (Wildman–Crippen LogP) is 6.43. The van der Waals surface area contributed by atoms with E-state index < -0.39 is 0 Å². The highest BCUT2D eigenvalue weighted by molar-refractivity contribution is 4.85. The molecule has 0 N–H and O–H groups in total. The van der Waals surface area contributed by atoms with Crippen LogP contribution in [0.4, 0.5) is 0 Å². The van der Waals surface area contributed by atoms with Crippen molar-refractivity contribution in [2.45, 2.75) is 84.5 Å². The van der Waals surface area contributed by atoms with E-state index in [1.165, 1.54) is 70.6 Å². The maximum Gasteiger partial charge on any atom is -0.0348 e. The summed E-state index contributed by atoms with van der Waals surface area (Å²) in [5, 5.41) is 0. The Kier molecular flexibility index (Phi) is 15.0. The van der Waals surface area contributed by atoms with Crippen LogP contribution in [0.5, 0.6) is 0 Å². The van der Waals surface area contributed by atoms with Crippen LogP contribution < -0.4 is 0 Å². The number of unbranched alkanes of at least 4 members (excludes halogenated alkanes) is 8. The van der Waals surface area contributed by atoms with Crippen LogP contribution in [0, 0.1) is 0 Å². The quantitative estimate of drug-likeness (QED) is 0.270. The minimum Gasteiger partial charge on any atom is -0.0885 e. The van der Waals surface area contributed by atoms with Gasteiger partial charge in [0.05, 0.1) is 0 Å². The highest BCUT2D eigenvalue weighted by Crippen LogP contribution is 2.05. The van der Waals surface area contributed by atoms with Gasteiger partial charge in [-0.05, 0) is 38.5 Å². The zero-order chi connectivity index (χ0) is 12.6. The first-order valence-electron chi connectivity index (χ1n) is 7.71. The van der Waals surface area contributed by atoms with Gasteiger partial charge in [0, 0.05) is 0 Å². The van der Waals surface area contributed by atoms with Crippen LogP contribution >= 0.6 is 0 Å². The summed E-state index contributed by atoms with van der Waals surface area (Å²) in [7, 11) is 0. The van der Waals surface area contributed by atoms with Crippen molar-refractivity contribution < 1.29 is 0 Å². The molecule has 0 fully saturated rings. The van der Waals surface area contributed by atoms with E-state index in [1.54, 1.807) is 0 Å². The fourth-order valence-electron chi connectivity index (χ4n) is 1.84. The van der Waals surface area contributed by atoms with Crippen molar-refractivity contribution in [2.75, 3.05) is 0 Å². The lowest BCUT2D eigenvalue weighted by Gasteiger charge is -1.94. The maximum atomic E-state index is 2.37. The molecule has 0 radical (unpaired) electrons.